The van der Waals surface area contributed by atoms with Gasteiger partial charge in [0.25, 0.3) is 0 Å². The number of esters is 1. The first-order valence-corrected chi connectivity index (χ1v) is 5.82. The molecule has 1 aromatic rings. The van der Waals surface area contributed by atoms with Gasteiger partial charge in [-0.05, 0) is 31.2 Å². The van der Waals surface area contributed by atoms with Crippen LogP contribution in [-0.2, 0) is 14.3 Å². The first-order valence-electron chi connectivity index (χ1n) is 5.82. The highest BCUT2D eigenvalue weighted by Gasteiger charge is 2.12. The summed E-state index contributed by atoms with van der Waals surface area (Å²) in [6.45, 7) is 1.33. The molecule has 0 saturated heterocycles. The molecule has 0 aromatic heterocycles. The molecule has 0 amide bonds. The second-order valence-electron chi connectivity index (χ2n) is 3.92. The van der Waals surface area contributed by atoms with Crippen LogP contribution in [0.25, 0.3) is 0 Å². The van der Waals surface area contributed by atoms with E-state index in [2.05, 4.69) is 4.74 Å². The lowest BCUT2D eigenvalue weighted by Crippen LogP contribution is -2.11. The van der Waals surface area contributed by atoms with Gasteiger partial charge < -0.3 is 9.64 Å². The molecule has 0 aliphatic carbocycles. The van der Waals surface area contributed by atoms with Gasteiger partial charge in [0.1, 0.15) is 5.57 Å². The molecule has 0 radical (unpaired) electrons. The minimum absolute atomic E-state index is 0.0280. The molecule has 0 atom stereocenters. The zero-order valence-corrected chi connectivity index (χ0v) is 11.3. The smallest absolute Gasteiger partial charge is 0.341 e. The van der Waals surface area contributed by atoms with E-state index in [1.165, 1.54) is 20.1 Å². The van der Waals surface area contributed by atoms with Crippen LogP contribution in [-0.4, -0.2) is 25.9 Å². The van der Waals surface area contributed by atoms with Crippen LogP contribution < -0.4 is 4.90 Å². The lowest BCUT2D eigenvalue weighted by molar-refractivity contribution is -0.137. The van der Waals surface area contributed by atoms with Crippen LogP contribution in [0.15, 0.2) is 54.3 Å². The number of allylic oxidation sites excluding steroid dienone is 2. The number of nitrogens with zero attached hydrogens (tertiary/aromatic N) is 1. The Morgan fingerprint density at radius 2 is 1.84 bits per heavy atom. The van der Waals surface area contributed by atoms with E-state index >= 15 is 0 Å². The van der Waals surface area contributed by atoms with Crippen LogP contribution in [0, 0.1) is 0 Å². The average Bonchev–Trinajstić information content (AvgIpc) is 2.43. The number of Topliss-reactive ketones (excluding diaryl/α,β-unsaturated/α-hetero) is 1. The van der Waals surface area contributed by atoms with Crippen LogP contribution >= 0.6 is 0 Å². The fourth-order valence-electron chi connectivity index (χ4n) is 1.46. The largest absolute Gasteiger partial charge is 0.465 e. The highest BCUT2D eigenvalue weighted by molar-refractivity contribution is 6.16. The molecular formula is C15H17NO3. The summed E-state index contributed by atoms with van der Waals surface area (Å²) in [6, 6.07) is 9.72. The van der Waals surface area contributed by atoms with Crippen LogP contribution in [0.5, 0.6) is 0 Å². The molecule has 100 valence electrons. The molecule has 0 aliphatic rings. The van der Waals surface area contributed by atoms with Crippen molar-refractivity contribution < 1.29 is 14.3 Å². The number of rotatable bonds is 5. The summed E-state index contributed by atoms with van der Waals surface area (Å²) in [7, 11) is 3.13. The third-order valence-electron chi connectivity index (χ3n) is 2.52. The number of anilines is 1. The van der Waals surface area contributed by atoms with Gasteiger partial charge in [0, 0.05) is 18.9 Å². The molecule has 0 fully saturated rings. The van der Waals surface area contributed by atoms with Gasteiger partial charge in [-0.15, -0.1) is 0 Å². The standard InChI is InChI=1S/C15H17NO3/c1-12(17)14(15(18)19-3)10-7-11-16(2)13-8-5-4-6-9-13/h4-11H,1-3H3/b11-7+,14-10+. The number of benzene rings is 1. The summed E-state index contributed by atoms with van der Waals surface area (Å²) in [5.74, 6) is -0.946. The normalized spacial score (nSPS) is 11.4. The maximum atomic E-state index is 11.3. The van der Waals surface area contributed by atoms with E-state index < -0.39 is 5.97 Å². The maximum absolute atomic E-state index is 11.3. The maximum Gasteiger partial charge on any atom is 0.341 e. The summed E-state index contributed by atoms with van der Waals surface area (Å²) in [4.78, 5) is 24.5. The molecular weight excluding hydrogens is 242 g/mol. The monoisotopic (exact) mass is 259 g/mol. The minimum Gasteiger partial charge on any atom is -0.465 e. The molecule has 4 nitrogen and oxygen atoms in total. The van der Waals surface area contributed by atoms with Gasteiger partial charge in [0.2, 0.25) is 0 Å². The predicted molar refractivity (Wildman–Crippen MR) is 74.8 cm³/mol. The van der Waals surface area contributed by atoms with Crippen LogP contribution in [0.4, 0.5) is 5.69 Å². The first-order chi connectivity index (χ1) is 9.06. The van der Waals surface area contributed by atoms with E-state index in [4.69, 9.17) is 0 Å². The van der Waals surface area contributed by atoms with Gasteiger partial charge in [-0.25, -0.2) is 4.79 Å². The third-order valence-corrected chi connectivity index (χ3v) is 2.52. The average molecular weight is 259 g/mol. The highest BCUT2D eigenvalue weighted by atomic mass is 16.5. The SMILES string of the molecule is COC(=O)/C(=C/C=C/N(C)c1ccccc1)C(C)=O. The van der Waals surface area contributed by atoms with E-state index in [0.29, 0.717) is 0 Å². The molecule has 0 N–H and O–H groups in total. The molecule has 1 rings (SSSR count). The number of carbonyl (C=O) groups is 2. The lowest BCUT2D eigenvalue weighted by atomic mass is 10.2. The van der Waals surface area contributed by atoms with E-state index in [-0.39, 0.29) is 11.4 Å². The second-order valence-corrected chi connectivity index (χ2v) is 3.92. The zero-order valence-electron chi connectivity index (χ0n) is 11.3. The van der Waals surface area contributed by atoms with E-state index in [9.17, 15) is 9.59 Å². The number of para-hydroxylation sites is 1. The van der Waals surface area contributed by atoms with Crippen LogP contribution in [0.1, 0.15) is 6.92 Å². The van der Waals surface area contributed by atoms with Crippen molar-refractivity contribution in [2.45, 2.75) is 6.92 Å². The van der Waals surface area contributed by atoms with E-state index in [0.717, 1.165) is 5.69 Å². The predicted octanol–water partition coefficient (Wildman–Crippen LogP) is 2.32. The van der Waals surface area contributed by atoms with Crippen molar-refractivity contribution in [2.75, 3.05) is 19.1 Å². The summed E-state index contributed by atoms with van der Waals surface area (Å²) in [6.07, 6.45) is 4.86. The molecule has 4 heteroatoms. The minimum atomic E-state index is -0.625. The Labute approximate surface area is 113 Å². The summed E-state index contributed by atoms with van der Waals surface area (Å²) < 4.78 is 4.54. The number of ketones is 1. The molecule has 0 aliphatic heterocycles. The van der Waals surface area contributed by atoms with Gasteiger partial charge in [-0.3, -0.25) is 4.79 Å². The third kappa shape index (κ3) is 4.43. The molecule has 0 unspecified atom stereocenters. The molecule has 19 heavy (non-hydrogen) atoms. The highest BCUT2D eigenvalue weighted by Crippen LogP contribution is 2.11. The summed E-state index contributed by atoms with van der Waals surface area (Å²) >= 11 is 0. The Morgan fingerprint density at radius 3 is 2.37 bits per heavy atom. The van der Waals surface area contributed by atoms with Crippen LogP contribution in [0.3, 0.4) is 0 Å². The van der Waals surface area contributed by atoms with Crippen molar-refractivity contribution in [3.05, 3.63) is 54.3 Å². The number of ether oxygens (including phenoxy) is 1. The Kier molecular flexibility index (Phi) is 5.54. The molecule has 1 aromatic carbocycles. The topological polar surface area (TPSA) is 46.6 Å². The van der Waals surface area contributed by atoms with Crippen molar-refractivity contribution in [1.82, 2.24) is 0 Å². The zero-order chi connectivity index (χ0) is 14.3. The van der Waals surface area contributed by atoms with Crippen molar-refractivity contribution in [1.29, 1.82) is 0 Å². The number of carbonyl (C=O) groups excluding carboxylic acids is 2. The van der Waals surface area contributed by atoms with Crippen molar-refractivity contribution in [2.24, 2.45) is 0 Å². The van der Waals surface area contributed by atoms with E-state index in [1.54, 1.807) is 12.3 Å². The fourth-order valence-corrected chi connectivity index (χ4v) is 1.46. The Balaban J connectivity index is 2.80. The molecule has 0 bridgehead atoms. The first kappa shape index (κ1) is 14.7. The van der Waals surface area contributed by atoms with Gasteiger partial charge in [0.05, 0.1) is 7.11 Å². The molecule has 0 saturated carbocycles. The van der Waals surface area contributed by atoms with Crippen molar-refractivity contribution in [3.63, 3.8) is 0 Å². The Hall–Kier alpha value is -2.36. The molecule has 0 heterocycles. The fraction of sp³-hybridized carbons (Fsp3) is 0.200. The quantitative estimate of drug-likeness (QED) is 0.268. The number of hydrogen-bond acceptors (Lipinski definition) is 4. The van der Waals surface area contributed by atoms with E-state index in [1.807, 2.05) is 42.3 Å². The van der Waals surface area contributed by atoms with Gasteiger partial charge in [-0.2, -0.15) is 0 Å². The van der Waals surface area contributed by atoms with Crippen molar-refractivity contribution in [3.8, 4) is 0 Å². The van der Waals surface area contributed by atoms with Gasteiger partial charge in [0.15, 0.2) is 5.78 Å². The number of methoxy groups -OCH3 is 1. The lowest BCUT2D eigenvalue weighted by Gasteiger charge is -2.13. The van der Waals surface area contributed by atoms with Gasteiger partial charge in [-0.1, -0.05) is 18.2 Å². The number of hydrogen-bond donors (Lipinski definition) is 0. The second kappa shape index (κ2) is 7.16. The summed E-state index contributed by atoms with van der Waals surface area (Å²) in [5.41, 5.74) is 1.04. The summed E-state index contributed by atoms with van der Waals surface area (Å²) in [5, 5.41) is 0. The Bertz CT molecular complexity index is 503. The van der Waals surface area contributed by atoms with Crippen LogP contribution in [0.2, 0.25) is 0 Å². The molecule has 0 spiro atoms. The van der Waals surface area contributed by atoms with Gasteiger partial charge >= 0.3 is 5.97 Å². The Morgan fingerprint density at radius 1 is 1.21 bits per heavy atom. The van der Waals surface area contributed by atoms with Crippen molar-refractivity contribution >= 4 is 17.4 Å².